The topological polar surface area (TPSA) is 107 Å². The SMILES string of the molecule is C[C@H](CCOCCCOS(C)(=O)=O)n1cc(-c2nn(C3CCCCO3)c3ccc(O[Si](C)(C)C(C)(C)C)cc23)cn1. The van der Waals surface area contributed by atoms with Crippen LogP contribution in [0.1, 0.15) is 72.1 Å². The van der Waals surface area contributed by atoms with Crippen LogP contribution in [0, 0.1) is 0 Å². The first-order valence-electron chi connectivity index (χ1n) is 14.5. The standard InChI is InChI=1S/C29H46N4O6SSi/c1-22(14-18-36-15-10-17-38-40(5,34)35)32-21-23(20-30-32)28-25-19-24(39-41(6,7)29(2,3)4)12-13-26(25)33(31-28)27-11-8-9-16-37-27/h12-13,19-22,27H,8-11,14-18H2,1-7H3/t22-,27?/m1/s1. The second-order valence-electron chi connectivity index (χ2n) is 12.5. The van der Waals surface area contributed by atoms with Crippen molar-refractivity contribution in [3.05, 3.63) is 30.6 Å². The van der Waals surface area contributed by atoms with Gasteiger partial charge in [-0.15, -0.1) is 0 Å². The molecule has 0 N–H and O–H groups in total. The molecule has 0 spiro atoms. The Morgan fingerprint density at radius 2 is 1.95 bits per heavy atom. The molecule has 3 heterocycles. The van der Waals surface area contributed by atoms with Crippen LogP contribution in [0.2, 0.25) is 18.1 Å². The summed E-state index contributed by atoms with van der Waals surface area (Å²) >= 11 is 0. The lowest BCUT2D eigenvalue weighted by Crippen LogP contribution is -2.43. The molecule has 1 saturated heterocycles. The fourth-order valence-corrected chi connectivity index (χ4v) is 5.98. The van der Waals surface area contributed by atoms with Crippen molar-refractivity contribution >= 4 is 29.3 Å². The van der Waals surface area contributed by atoms with Crippen LogP contribution in [-0.2, 0) is 23.8 Å². The number of ether oxygens (including phenoxy) is 2. The number of benzene rings is 1. The van der Waals surface area contributed by atoms with Crippen LogP contribution in [0.5, 0.6) is 5.75 Å². The lowest BCUT2D eigenvalue weighted by molar-refractivity contribution is -0.0365. The van der Waals surface area contributed by atoms with E-state index in [1.165, 1.54) is 0 Å². The lowest BCUT2D eigenvalue weighted by Gasteiger charge is -2.36. The van der Waals surface area contributed by atoms with Gasteiger partial charge in [-0.3, -0.25) is 8.86 Å². The number of fused-ring (bicyclic) bond motifs is 1. The molecule has 41 heavy (non-hydrogen) atoms. The molecule has 4 rings (SSSR count). The van der Waals surface area contributed by atoms with Gasteiger partial charge in [0.05, 0.1) is 30.6 Å². The van der Waals surface area contributed by atoms with Crippen molar-refractivity contribution in [3.8, 4) is 17.0 Å². The smallest absolute Gasteiger partial charge is 0.264 e. The monoisotopic (exact) mass is 606 g/mol. The summed E-state index contributed by atoms with van der Waals surface area (Å²) in [5, 5.41) is 10.9. The van der Waals surface area contributed by atoms with Crippen molar-refractivity contribution in [2.24, 2.45) is 0 Å². The Hall–Kier alpha value is -2.25. The predicted molar refractivity (Wildman–Crippen MR) is 163 cm³/mol. The zero-order valence-electron chi connectivity index (χ0n) is 25.6. The van der Waals surface area contributed by atoms with Gasteiger partial charge in [0.2, 0.25) is 8.32 Å². The third-order valence-electron chi connectivity index (χ3n) is 8.02. The van der Waals surface area contributed by atoms with Gasteiger partial charge in [-0.2, -0.15) is 18.6 Å². The fourth-order valence-electron chi connectivity index (χ4n) is 4.54. The minimum Gasteiger partial charge on any atom is -0.543 e. The summed E-state index contributed by atoms with van der Waals surface area (Å²) < 4.78 is 49.3. The Morgan fingerprint density at radius 3 is 2.63 bits per heavy atom. The molecule has 0 aliphatic carbocycles. The number of hydrogen-bond acceptors (Lipinski definition) is 8. The zero-order valence-corrected chi connectivity index (χ0v) is 27.4. The van der Waals surface area contributed by atoms with Gasteiger partial charge in [0, 0.05) is 37.0 Å². The Labute approximate surface area is 245 Å². The van der Waals surface area contributed by atoms with Gasteiger partial charge < -0.3 is 13.9 Å². The molecule has 1 aromatic carbocycles. The third-order valence-corrected chi connectivity index (χ3v) is 13.0. The second kappa shape index (κ2) is 12.9. The maximum Gasteiger partial charge on any atom is 0.264 e. The van der Waals surface area contributed by atoms with Crippen LogP contribution >= 0.6 is 0 Å². The summed E-state index contributed by atoms with van der Waals surface area (Å²) in [6.07, 6.45) is 9.31. The van der Waals surface area contributed by atoms with E-state index < -0.39 is 18.4 Å². The Bertz CT molecular complexity index is 1410. The maximum absolute atomic E-state index is 11.0. The Kier molecular flexibility index (Phi) is 10.0. The lowest BCUT2D eigenvalue weighted by atomic mass is 10.1. The summed E-state index contributed by atoms with van der Waals surface area (Å²) in [5.41, 5.74) is 2.85. The van der Waals surface area contributed by atoms with Crippen LogP contribution in [0.25, 0.3) is 22.2 Å². The molecule has 228 valence electrons. The molecule has 2 atom stereocenters. The van der Waals surface area contributed by atoms with Crippen LogP contribution in [-0.4, -0.2) is 69.0 Å². The third kappa shape index (κ3) is 8.19. The van der Waals surface area contributed by atoms with Gasteiger partial charge in [-0.05, 0) is 75.4 Å². The predicted octanol–water partition coefficient (Wildman–Crippen LogP) is 6.32. The number of hydrogen-bond donors (Lipinski definition) is 0. The molecule has 1 aliphatic rings. The Balaban J connectivity index is 1.51. The molecule has 0 bridgehead atoms. The summed E-state index contributed by atoms with van der Waals surface area (Å²) in [6.45, 7) is 15.2. The average Bonchev–Trinajstić information content (AvgIpc) is 3.52. The van der Waals surface area contributed by atoms with Gasteiger partial charge >= 0.3 is 0 Å². The van der Waals surface area contributed by atoms with Crippen molar-refractivity contribution in [2.45, 2.75) is 90.2 Å². The van der Waals surface area contributed by atoms with Crippen molar-refractivity contribution in [2.75, 3.05) is 32.7 Å². The van der Waals surface area contributed by atoms with Crippen LogP contribution in [0.15, 0.2) is 30.6 Å². The average molecular weight is 607 g/mol. The molecule has 3 aromatic rings. The first kappa shape index (κ1) is 31.7. The molecule has 0 radical (unpaired) electrons. The number of rotatable bonds is 13. The summed E-state index contributed by atoms with van der Waals surface area (Å²) in [7, 11) is -5.42. The summed E-state index contributed by atoms with van der Waals surface area (Å²) in [5.74, 6) is 0.870. The minimum absolute atomic E-state index is 0.0823. The molecule has 10 nitrogen and oxygen atoms in total. The van der Waals surface area contributed by atoms with Crippen molar-refractivity contribution in [1.82, 2.24) is 19.6 Å². The van der Waals surface area contributed by atoms with Crippen LogP contribution in [0.3, 0.4) is 0 Å². The molecular weight excluding hydrogens is 560 g/mol. The highest BCUT2D eigenvalue weighted by Crippen LogP contribution is 2.40. The van der Waals surface area contributed by atoms with E-state index in [2.05, 4.69) is 64.1 Å². The molecular formula is C29H46N4O6SSi. The van der Waals surface area contributed by atoms with E-state index in [-0.39, 0.29) is 23.9 Å². The summed E-state index contributed by atoms with van der Waals surface area (Å²) in [4.78, 5) is 0. The van der Waals surface area contributed by atoms with Gasteiger partial charge in [-0.25, -0.2) is 4.68 Å². The van der Waals surface area contributed by atoms with Gasteiger partial charge in [-0.1, -0.05) is 20.8 Å². The van der Waals surface area contributed by atoms with Gasteiger partial charge in [0.25, 0.3) is 10.1 Å². The molecule has 0 amide bonds. The van der Waals surface area contributed by atoms with Crippen LogP contribution in [0.4, 0.5) is 0 Å². The molecule has 0 saturated carbocycles. The van der Waals surface area contributed by atoms with E-state index in [0.29, 0.717) is 19.6 Å². The largest absolute Gasteiger partial charge is 0.543 e. The first-order valence-corrected chi connectivity index (χ1v) is 19.3. The highest BCUT2D eigenvalue weighted by molar-refractivity contribution is 7.85. The Morgan fingerprint density at radius 1 is 1.17 bits per heavy atom. The minimum atomic E-state index is -3.41. The molecule has 2 aromatic heterocycles. The van der Waals surface area contributed by atoms with E-state index in [1.54, 1.807) is 0 Å². The fraction of sp³-hybridized carbons (Fsp3) is 0.655. The van der Waals surface area contributed by atoms with Crippen LogP contribution < -0.4 is 4.43 Å². The molecule has 1 aliphatic heterocycles. The van der Waals surface area contributed by atoms with Crippen molar-refractivity contribution in [3.63, 3.8) is 0 Å². The molecule has 1 fully saturated rings. The highest BCUT2D eigenvalue weighted by Gasteiger charge is 2.39. The van der Waals surface area contributed by atoms with Crippen molar-refractivity contribution in [1.29, 1.82) is 0 Å². The van der Waals surface area contributed by atoms with E-state index in [9.17, 15) is 8.42 Å². The maximum atomic E-state index is 11.0. The number of nitrogens with zero attached hydrogens (tertiary/aromatic N) is 4. The normalized spacial score (nSPS) is 17.7. The van der Waals surface area contributed by atoms with Crippen molar-refractivity contribution < 1.29 is 26.5 Å². The zero-order chi connectivity index (χ0) is 29.8. The molecule has 1 unspecified atom stereocenters. The number of aromatic nitrogens is 4. The van der Waals surface area contributed by atoms with E-state index in [1.807, 2.05) is 21.8 Å². The first-order chi connectivity index (χ1) is 19.2. The van der Waals surface area contributed by atoms with E-state index in [0.717, 1.165) is 66.5 Å². The van der Waals surface area contributed by atoms with Gasteiger partial charge in [0.15, 0.2) is 6.23 Å². The highest BCUT2D eigenvalue weighted by atomic mass is 32.2. The second-order valence-corrected chi connectivity index (χ2v) is 18.9. The van der Waals surface area contributed by atoms with Gasteiger partial charge in [0.1, 0.15) is 11.4 Å². The van der Waals surface area contributed by atoms with E-state index in [4.69, 9.17) is 23.2 Å². The quantitative estimate of drug-likeness (QED) is 0.126. The summed E-state index contributed by atoms with van der Waals surface area (Å²) in [6, 6.07) is 6.41. The van der Waals surface area contributed by atoms with E-state index >= 15 is 0 Å². The molecule has 12 heteroatoms.